The van der Waals surface area contributed by atoms with Gasteiger partial charge in [0.1, 0.15) is 0 Å². The van der Waals surface area contributed by atoms with Crippen LogP contribution in [-0.4, -0.2) is 0 Å². The van der Waals surface area contributed by atoms with E-state index in [1.165, 1.54) is 24.2 Å². The normalized spacial score (nSPS) is 49.1. The summed E-state index contributed by atoms with van der Waals surface area (Å²) < 4.78 is 0. The minimum atomic E-state index is 0.952. The molecule has 0 spiro atoms. The second-order valence-electron chi connectivity index (χ2n) is 3.86. The summed E-state index contributed by atoms with van der Waals surface area (Å²) in [7, 11) is 0. The molecule has 0 radical (unpaired) electrons. The van der Waals surface area contributed by atoms with Crippen molar-refractivity contribution in [1.29, 1.82) is 0 Å². The second kappa shape index (κ2) is 1.29. The summed E-state index contributed by atoms with van der Waals surface area (Å²) in [6.07, 6.45) is 3.09. The summed E-state index contributed by atoms with van der Waals surface area (Å²) >= 11 is 0. The third-order valence-corrected chi connectivity index (χ3v) is 2.59. The van der Waals surface area contributed by atoms with E-state index in [0.29, 0.717) is 0 Å². The lowest BCUT2D eigenvalue weighted by atomic mass is 10.0. The fourth-order valence-electron chi connectivity index (χ4n) is 1.81. The van der Waals surface area contributed by atoms with Gasteiger partial charge in [0.25, 0.3) is 0 Å². The number of rotatable bonds is 2. The fourth-order valence-corrected chi connectivity index (χ4v) is 1.81. The predicted molar refractivity (Wildman–Crippen MR) is 34.5 cm³/mol. The summed E-state index contributed by atoms with van der Waals surface area (Å²) in [6, 6.07) is 0. The van der Waals surface area contributed by atoms with Crippen LogP contribution >= 0.6 is 0 Å². The highest BCUT2D eigenvalue weighted by Gasteiger charge is 2.63. The Morgan fingerprint density at radius 1 is 1.38 bits per heavy atom. The van der Waals surface area contributed by atoms with E-state index in [2.05, 4.69) is 13.8 Å². The minimum absolute atomic E-state index is 0.952. The summed E-state index contributed by atoms with van der Waals surface area (Å²) in [5.41, 5.74) is 0. The molecular weight excluding hydrogens is 96.1 g/mol. The molecule has 0 saturated heterocycles. The topological polar surface area (TPSA) is 0 Å². The highest BCUT2D eigenvalue weighted by molar-refractivity contribution is 5.11. The first-order chi connectivity index (χ1) is 3.79. The van der Waals surface area contributed by atoms with Gasteiger partial charge in [0.2, 0.25) is 0 Å². The van der Waals surface area contributed by atoms with Crippen LogP contribution in [0.3, 0.4) is 0 Å². The standard InChI is InChI=1S/C8H14/c1-5(2)3-6-7-4-8(6)7/h5-8H,3-4H2,1-2H3. The van der Waals surface area contributed by atoms with Crippen LogP contribution in [0.4, 0.5) is 0 Å². The fraction of sp³-hybridized carbons (Fsp3) is 1.00. The highest BCUT2D eigenvalue weighted by atomic mass is 14.7. The van der Waals surface area contributed by atoms with Crippen LogP contribution in [0.2, 0.25) is 0 Å². The predicted octanol–water partition coefficient (Wildman–Crippen LogP) is 2.30. The van der Waals surface area contributed by atoms with E-state index in [9.17, 15) is 0 Å². The molecule has 2 fully saturated rings. The van der Waals surface area contributed by atoms with Crippen molar-refractivity contribution in [3.8, 4) is 0 Å². The molecule has 0 aromatic heterocycles. The maximum Gasteiger partial charge on any atom is -0.0349 e. The summed E-state index contributed by atoms with van der Waals surface area (Å²) in [5.74, 6) is 4.58. The van der Waals surface area contributed by atoms with Crippen LogP contribution in [0.1, 0.15) is 26.7 Å². The van der Waals surface area contributed by atoms with Gasteiger partial charge in [-0.25, -0.2) is 0 Å². The zero-order chi connectivity index (χ0) is 5.72. The molecule has 0 bridgehead atoms. The van der Waals surface area contributed by atoms with E-state index in [-0.39, 0.29) is 0 Å². The molecule has 2 saturated carbocycles. The van der Waals surface area contributed by atoms with E-state index in [1.807, 2.05) is 0 Å². The molecule has 0 heteroatoms. The summed E-state index contributed by atoms with van der Waals surface area (Å²) in [5, 5.41) is 0. The van der Waals surface area contributed by atoms with Gasteiger partial charge in [0, 0.05) is 0 Å². The molecule has 2 unspecified atom stereocenters. The van der Waals surface area contributed by atoms with Crippen molar-refractivity contribution in [2.75, 3.05) is 0 Å². The Kier molecular flexibility index (Phi) is 0.778. The van der Waals surface area contributed by atoms with Crippen LogP contribution < -0.4 is 0 Å². The molecule has 0 nitrogen and oxygen atoms in total. The van der Waals surface area contributed by atoms with Crippen molar-refractivity contribution in [3.05, 3.63) is 0 Å². The molecule has 0 N–H and O–H groups in total. The molecule has 46 valence electrons. The third-order valence-electron chi connectivity index (χ3n) is 2.59. The van der Waals surface area contributed by atoms with Crippen LogP contribution in [0.15, 0.2) is 0 Å². The smallest absolute Gasteiger partial charge is 0.0349 e. The lowest BCUT2D eigenvalue weighted by Gasteiger charge is -2.04. The molecule has 0 amide bonds. The van der Waals surface area contributed by atoms with Gasteiger partial charge in [-0.05, 0) is 36.5 Å². The van der Waals surface area contributed by atoms with Gasteiger partial charge in [-0.2, -0.15) is 0 Å². The third kappa shape index (κ3) is 0.586. The Morgan fingerprint density at radius 3 is 2.12 bits per heavy atom. The lowest BCUT2D eigenvalue weighted by Crippen LogP contribution is -1.94. The van der Waals surface area contributed by atoms with Crippen molar-refractivity contribution in [2.45, 2.75) is 26.7 Å². The van der Waals surface area contributed by atoms with E-state index in [4.69, 9.17) is 0 Å². The zero-order valence-corrected chi connectivity index (χ0v) is 5.72. The zero-order valence-electron chi connectivity index (χ0n) is 5.72. The summed E-state index contributed by atoms with van der Waals surface area (Å²) in [6.45, 7) is 4.66. The Morgan fingerprint density at radius 2 is 2.00 bits per heavy atom. The maximum absolute atomic E-state index is 2.33. The Hall–Kier alpha value is 0. The molecule has 0 aromatic carbocycles. The highest BCUT2D eigenvalue weighted by Crippen LogP contribution is 2.70. The quantitative estimate of drug-likeness (QED) is 0.511. The van der Waals surface area contributed by atoms with Gasteiger partial charge >= 0.3 is 0 Å². The number of fused-ring (bicyclic) bond motifs is 1. The molecule has 2 atom stereocenters. The number of hydrogen-bond acceptors (Lipinski definition) is 0. The van der Waals surface area contributed by atoms with E-state index >= 15 is 0 Å². The Bertz CT molecular complexity index is 96.6. The van der Waals surface area contributed by atoms with Crippen molar-refractivity contribution in [3.63, 3.8) is 0 Å². The molecule has 0 heterocycles. The van der Waals surface area contributed by atoms with Crippen LogP contribution in [0, 0.1) is 23.7 Å². The van der Waals surface area contributed by atoms with Crippen LogP contribution in [0.25, 0.3) is 0 Å². The van der Waals surface area contributed by atoms with Crippen molar-refractivity contribution >= 4 is 0 Å². The van der Waals surface area contributed by atoms with Crippen molar-refractivity contribution in [1.82, 2.24) is 0 Å². The first kappa shape index (κ1) is 4.84. The average molecular weight is 110 g/mol. The van der Waals surface area contributed by atoms with Gasteiger partial charge in [-0.1, -0.05) is 13.8 Å². The molecule has 2 rings (SSSR count). The second-order valence-corrected chi connectivity index (χ2v) is 3.86. The monoisotopic (exact) mass is 110 g/mol. The molecule has 2 aliphatic rings. The first-order valence-electron chi connectivity index (χ1n) is 3.79. The van der Waals surface area contributed by atoms with Gasteiger partial charge in [0.15, 0.2) is 0 Å². The molecular formula is C8H14. The Labute approximate surface area is 51.3 Å². The molecule has 2 aliphatic carbocycles. The molecule has 0 aliphatic heterocycles. The lowest BCUT2D eigenvalue weighted by molar-refractivity contribution is 0.462. The average Bonchev–Trinajstić information content (AvgIpc) is 2.41. The van der Waals surface area contributed by atoms with Crippen LogP contribution in [-0.2, 0) is 0 Å². The van der Waals surface area contributed by atoms with E-state index < -0.39 is 0 Å². The first-order valence-corrected chi connectivity index (χ1v) is 3.79. The number of hydrogen-bond donors (Lipinski definition) is 0. The molecule has 0 aromatic rings. The van der Waals surface area contributed by atoms with Gasteiger partial charge in [-0.3, -0.25) is 0 Å². The molecule has 8 heavy (non-hydrogen) atoms. The van der Waals surface area contributed by atoms with Gasteiger partial charge < -0.3 is 0 Å². The van der Waals surface area contributed by atoms with Crippen LogP contribution in [0.5, 0.6) is 0 Å². The maximum atomic E-state index is 2.33. The SMILES string of the molecule is CC(C)CC1C2CC12. The van der Waals surface area contributed by atoms with Crippen molar-refractivity contribution < 1.29 is 0 Å². The van der Waals surface area contributed by atoms with Gasteiger partial charge in [-0.15, -0.1) is 0 Å². The summed E-state index contributed by atoms with van der Waals surface area (Å²) in [4.78, 5) is 0. The Balaban J connectivity index is 1.71. The van der Waals surface area contributed by atoms with Gasteiger partial charge in [0.05, 0.1) is 0 Å². The minimum Gasteiger partial charge on any atom is -0.0628 e. The van der Waals surface area contributed by atoms with Crippen molar-refractivity contribution in [2.24, 2.45) is 23.7 Å². The largest absolute Gasteiger partial charge is 0.0628 e. The van der Waals surface area contributed by atoms with E-state index in [1.54, 1.807) is 6.42 Å². The van der Waals surface area contributed by atoms with E-state index in [0.717, 1.165) is 5.92 Å².